The van der Waals surface area contributed by atoms with Gasteiger partial charge in [-0.2, -0.15) is 0 Å². The predicted octanol–water partition coefficient (Wildman–Crippen LogP) is 2.43. The fourth-order valence-electron chi connectivity index (χ4n) is 3.22. The highest BCUT2D eigenvalue weighted by molar-refractivity contribution is 5.82. The topological polar surface area (TPSA) is 66.4 Å². The van der Waals surface area contributed by atoms with Crippen LogP contribution in [0, 0.1) is 17.7 Å². The van der Waals surface area contributed by atoms with Crippen molar-refractivity contribution in [2.75, 3.05) is 0 Å². The van der Waals surface area contributed by atoms with E-state index in [1.54, 1.807) is 18.2 Å². The Balaban J connectivity index is 1.68. The van der Waals surface area contributed by atoms with E-state index < -0.39 is 17.4 Å². The second kappa shape index (κ2) is 5.13. The lowest BCUT2D eigenvalue weighted by atomic mass is 10.0. The van der Waals surface area contributed by atoms with E-state index in [-0.39, 0.29) is 17.6 Å². The van der Waals surface area contributed by atoms with Crippen LogP contribution < -0.4 is 5.32 Å². The molecule has 2 atom stereocenters. The van der Waals surface area contributed by atoms with E-state index in [4.69, 9.17) is 5.11 Å². The predicted molar refractivity (Wildman–Crippen MR) is 73.9 cm³/mol. The second-order valence-electron chi connectivity index (χ2n) is 6.10. The Hall–Kier alpha value is -1.91. The van der Waals surface area contributed by atoms with Gasteiger partial charge in [-0.15, -0.1) is 0 Å². The summed E-state index contributed by atoms with van der Waals surface area (Å²) >= 11 is 0. The standard InChI is InChI=1S/C16H18FNO3/c17-13-4-2-1-3-12(13)16(7-8-16)18-14(19)10-5-6-11(9-10)15(20)21/h1-4,10-11H,5-9H2,(H,18,19)(H,20,21)/t10-,11+/m0/s1. The third-order valence-corrected chi connectivity index (χ3v) is 4.65. The molecule has 0 spiro atoms. The van der Waals surface area contributed by atoms with E-state index in [1.807, 2.05) is 0 Å². The lowest BCUT2D eigenvalue weighted by molar-refractivity contribution is -0.141. The van der Waals surface area contributed by atoms with Crippen molar-refractivity contribution in [1.29, 1.82) is 0 Å². The Morgan fingerprint density at radius 1 is 1.19 bits per heavy atom. The molecule has 0 aromatic heterocycles. The molecule has 2 fully saturated rings. The molecule has 5 heteroatoms. The van der Waals surface area contributed by atoms with Crippen LogP contribution >= 0.6 is 0 Å². The number of nitrogens with one attached hydrogen (secondary N) is 1. The van der Waals surface area contributed by atoms with Gasteiger partial charge in [-0.3, -0.25) is 9.59 Å². The number of aliphatic carboxylic acids is 1. The highest BCUT2D eigenvalue weighted by atomic mass is 19.1. The number of carbonyl (C=O) groups is 2. The molecule has 1 aromatic carbocycles. The maximum atomic E-state index is 13.9. The zero-order chi connectivity index (χ0) is 15.0. The number of halogens is 1. The van der Waals surface area contributed by atoms with E-state index in [1.165, 1.54) is 6.07 Å². The van der Waals surface area contributed by atoms with Gasteiger partial charge in [0.2, 0.25) is 5.91 Å². The molecule has 0 unspecified atom stereocenters. The third kappa shape index (κ3) is 2.64. The normalized spacial score (nSPS) is 26.3. The van der Waals surface area contributed by atoms with Crippen LogP contribution in [0.2, 0.25) is 0 Å². The average molecular weight is 291 g/mol. The summed E-state index contributed by atoms with van der Waals surface area (Å²) in [5.41, 5.74) is -0.0462. The molecule has 0 heterocycles. The molecule has 112 valence electrons. The largest absolute Gasteiger partial charge is 0.481 e. The summed E-state index contributed by atoms with van der Waals surface area (Å²) in [6.45, 7) is 0. The fraction of sp³-hybridized carbons (Fsp3) is 0.500. The highest BCUT2D eigenvalue weighted by Crippen LogP contribution is 2.47. The molecule has 4 nitrogen and oxygen atoms in total. The zero-order valence-corrected chi connectivity index (χ0v) is 11.6. The molecule has 3 rings (SSSR count). The number of hydrogen-bond acceptors (Lipinski definition) is 2. The number of benzene rings is 1. The lowest BCUT2D eigenvalue weighted by Gasteiger charge is -2.21. The fourth-order valence-corrected chi connectivity index (χ4v) is 3.22. The van der Waals surface area contributed by atoms with Crippen LogP contribution in [0.25, 0.3) is 0 Å². The molecule has 2 aliphatic rings. The van der Waals surface area contributed by atoms with Gasteiger partial charge in [-0.1, -0.05) is 18.2 Å². The first-order chi connectivity index (χ1) is 10.0. The molecule has 2 N–H and O–H groups in total. The first-order valence-electron chi connectivity index (χ1n) is 7.32. The van der Waals surface area contributed by atoms with Crippen molar-refractivity contribution in [3.05, 3.63) is 35.6 Å². The lowest BCUT2D eigenvalue weighted by Crippen LogP contribution is -2.39. The highest BCUT2D eigenvalue weighted by Gasteiger charge is 2.48. The van der Waals surface area contributed by atoms with Gasteiger partial charge in [0.25, 0.3) is 0 Å². The van der Waals surface area contributed by atoms with Crippen molar-refractivity contribution < 1.29 is 19.1 Å². The van der Waals surface area contributed by atoms with Crippen molar-refractivity contribution in [2.45, 2.75) is 37.6 Å². The van der Waals surface area contributed by atoms with E-state index in [0.717, 1.165) is 12.8 Å². The summed E-state index contributed by atoms with van der Waals surface area (Å²) in [7, 11) is 0. The summed E-state index contributed by atoms with van der Waals surface area (Å²) in [5, 5.41) is 11.9. The summed E-state index contributed by atoms with van der Waals surface area (Å²) in [6.07, 6.45) is 2.98. The Labute approximate surface area is 122 Å². The number of carboxylic acid groups (broad SMARTS) is 1. The summed E-state index contributed by atoms with van der Waals surface area (Å²) < 4.78 is 13.9. The number of carboxylic acids is 1. The molecular formula is C16H18FNO3. The monoisotopic (exact) mass is 291 g/mol. The van der Waals surface area contributed by atoms with Crippen LogP contribution in [0.5, 0.6) is 0 Å². The summed E-state index contributed by atoms with van der Waals surface area (Å²) in [5.74, 6) is -1.97. The zero-order valence-electron chi connectivity index (χ0n) is 11.6. The van der Waals surface area contributed by atoms with E-state index >= 15 is 0 Å². The van der Waals surface area contributed by atoms with Crippen molar-refractivity contribution in [1.82, 2.24) is 5.32 Å². The molecule has 1 aromatic rings. The van der Waals surface area contributed by atoms with E-state index in [2.05, 4.69) is 5.32 Å². The molecule has 0 radical (unpaired) electrons. The van der Waals surface area contributed by atoms with Crippen LogP contribution in [0.4, 0.5) is 4.39 Å². The Kier molecular flexibility index (Phi) is 3.43. The smallest absolute Gasteiger partial charge is 0.306 e. The van der Waals surface area contributed by atoms with Gasteiger partial charge in [-0.25, -0.2) is 4.39 Å². The number of carbonyl (C=O) groups excluding carboxylic acids is 1. The van der Waals surface area contributed by atoms with Gasteiger partial charge < -0.3 is 10.4 Å². The number of amides is 1. The maximum Gasteiger partial charge on any atom is 0.306 e. The summed E-state index contributed by atoms with van der Waals surface area (Å²) in [4.78, 5) is 23.3. The minimum Gasteiger partial charge on any atom is -0.481 e. The van der Waals surface area contributed by atoms with Gasteiger partial charge in [0.05, 0.1) is 11.5 Å². The first-order valence-corrected chi connectivity index (χ1v) is 7.32. The molecule has 1 amide bonds. The third-order valence-electron chi connectivity index (χ3n) is 4.65. The molecule has 0 bridgehead atoms. The van der Waals surface area contributed by atoms with E-state index in [0.29, 0.717) is 24.8 Å². The van der Waals surface area contributed by atoms with Crippen molar-refractivity contribution in [3.63, 3.8) is 0 Å². The van der Waals surface area contributed by atoms with Crippen LogP contribution in [0.15, 0.2) is 24.3 Å². The molecule has 0 saturated heterocycles. The Bertz CT molecular complexity index is 583. The van der Waals surface area contributed by atoms with Crippen LogP contribution in [-0.2, 0) is 15.1 Å². The Morgan fingerprint density at radius 2 is 1.86 bits per heavy atom. The Morgan fingerprint density at radius 3 is 2.43 bits per heavy atom. The molecule has 0 aliphatic heterocycles. The molecular weight excluding hydrogens is 273 g/mol. The van der Waals surface area contributed by atoms with Gasteiger partial charge in [0, 0.05) is 11.5 Å². The maximum absolute atomic E-state index is 13.9. The van der Waals surface area contributed by atoms with Crippen LogP contribution in [-0.4, -0.2) is 17.0 Å². The average Bonchev–Trinajstić information content (AvgIpc) is 3.04. The molecule has 2 saturated carbocycles. The first kappa shape index (κ1) is 14.0. The summed E-state index contributed by atoms with van der Waals surface area (Å²) in [6, 6.07) is 6.50. The van der Waals surface area contributed by atoms with Crippen LogP contribution in [0.3, 0.4) is 0 Å². The SMILES string of the molecule is O=C(O)[C@@H]1CC[C@H](C(=O)NC2(c3ccccc3F)CC2)C1. The van der Waals surface area contributed by atoms with Gasteiger partial charge in [0.15, 0.2) is 0 Å². The van der Waals surface area contributed by atoms with Crippen molar-refractivity contribution in [3.8, 4) is 0 Å². The van der Waals surface area contributed by atoms with Gasteiger partial charge >= 0.3 is 5.97 Å². The van der Waals surface area contributed by atoms with Crippen molar-refractivity contribution in [2.24, 2.45) is 11.8 Å². The van der Waals surface area contributed by atoms with Gasteiger partial charge in [-0.05, 0) is 38.2 Å². The minimum atomic E-state index is -0.833. The quantitative estimate of drug-likeness (QED) is 0.895. The van der Waals surface area contributed by atoms with Gasteiger partial charge in [0.1, 0.15) is 5.82 Å². The molecule has 2 aliphatic carbocycles. The second-order valence-corrected chi connectivity index (χ2v) is 6.10. The van der Waals surface area contributed by atoms with Crippen LogP contribution in [0.1, 0.15) is 37.7 Å². The minimum absolute atomic E-state index is 0.139. The molecule has 21 heavy (non-hydrogen) atoms. The number of hydrogen-bond donors (Lipinski definition) is 2. The van der Waals surface area contributed by atoms with E-state index in [9.17, 15) is 14.0 Å². The number of rotatable bonds is 4. The van der Waals surface area contributed by atoms with Crippen molar-refractivity contribution >= 4 is 11.9 Å².